The van der Waals surface area contributed by atoms with Gasteiger partial charge in [0.1, 0.15) is 0 Å². The summed E-state index contributed by atoms with van der Waals surface area (Å²) in [4.78, 5) is 12.0. The Morgan fingerprint density at radius 3 is 2.47 bits per heavy atom. The van der Waals surface area contributed by atoms with E-state index < -0.39 is 10.0 Å². The number of fused-ring (bicyclic) bond motifs is 1. The van der Waals surface area contributed by atoms with Gasteiger partial charge >= 0.3 is 0 Å². The molecule has 3 rings (SSSR count). The molecule has 1 aliphatic heterocycles. The second-order valence-corrected chi connectivity index (χ2v) is 10.6. The first-order valence-electron chi connectivity index (χ1n) is 10.5. The molecule has 9 heteroatoms. The molecular formula is C23H30N2O5S2. The lowest BCUT2D eigenvalue weighted by Gasteiger charge is -2.29. The fourth-order valence-corrected chi connectivity index (χ4v) is 5.88. The van der Waals surface area contributed by atoms with E-state index in [1.165, 1.54) is 9.87 Å². The normalized spacial score (nSPS) is 13.9. The molecule has 1 amide bonds. The van der Waals surface area contributed by atoms with Gasteiger partial charge in [-0.25, -0.2) is 8.42 Å². The van der Waals surface area contributed by atoms with Crippen molar-refractivity contribution in [3.8, 4) is 11.5 Å². The predicted octanol–water partition coefficient (Wildman–Crippen LogP) is 2.83. The zero-order valence-corrected chi connectivity index (χ0v) is 20.1. The van der Waals surface area contributed by atoms with Crippen LogP contribution in [0.2, 0.25) is 0 Å². The number of hydrogen-bond acceptors (Lipinski definition) is 6. The van der Waals surface area contributed by atoms with Crippen molar-refractivity contribution in [2.75, 3.05) is 38.8 Å². The number of hydrogen-bond donors (Lipinski definition) is 1. The summed E-state index contributed by atoms with van der Waals surface area (Å²) < 4.78 is 37.8. The Hall–Kier alpha value is -2.23. The third-order valence-corrected chi connectivity index (χ3v) is 8.23. The molecule has 174 valence electrons. The van der Waals surface area contributed by atoms with E-state index in [2.05, 4.69) is 5.32 Å². The number of sulfonamides is 1. The van der Waals surface area contributed by atoms with Gasteiger partial charge in [0.05, 0.1) is 25.7 Å². The number of thioether (sulfide) groups is 1. The minimum absolute atomic E-state index is 0.00701. The van der Waals surface area contributed by atoms with Gasteiger partial charge in [0.2, 0.25) is 15.9 Å². The van der Waals surface area contributed by atoms with Crippen LogP contribution in [0, 0.1) is 0 Å². The fourth-order valence-electron chi connectivity index (χ4n) is 3.59. The van der Waals surface area contributed by atoms with Crippen molar-refractivity contribution in [2.45, 2.75) is 25.1 Å². The average molecular weight is 479 g/mol. The predicted molar refractivity (Wildman–Crippen MR) is 128 cm³/mol. The molecule has 2 aromatic carbocycles. The van der Waals surface area contributed by atoms with E-state index in [0.29, 0.717) is 49.7 Å². The van der Waals surface area contributed by atoms with Crippen molar-refractivity contribution < 1.29 is 22.7 Å². The van der Waals surface area contributed by atoms with E-state index in [9.17, 15) is 13.2 Å². The molecule has 32 heavy (non-hydrogen) atoms. The van der Waals surface area contributed by atoms with Gasteiger partial charge in [0.15, 0.2) is 11.5 Å². The molecule has 0 saturated heterocycles. The summed E-state index contributed by atoms with van der Waals surface area (Å²) in [5, 5.41) is 2.81. The van der Waals surface area contributed by atoms with Crippen LogP contribution < -0.4 is 14.8 Å². The molecule has 0 fully saturated rings. The van der Waals surface area contributed by atoms with Crippen LogP contribution in [0.4, 0.5) is 0 Å². The minimum Gasteiger partial charge on any atom is -0.493 e. The Kier molecular flexibility index (Phi) is 8.84. The van der Waals surface area contributed by atoms with Crippen LogP contribution in [-0.2, 0) is 33.5 Å². The Morgan fingerprint density at radius 2 is 1.78 bits per heavy atom. The van der Waals surface area contributed by atoms with Gasteiger partial charge < -0.3 is 14.8 Å². The highest BCUT2D eigenvalue weighted by molar-refractivity contribution is 7.99. The Bertz CT molecular complexity index is 1010. The highest BCUT2D eigenvalue weighted by Crippen LogP contribution is 2.33. The maximum atomic E-state index is 12.8. The summed E-state index contributed by atoms with van der Waals surface area (Å²) in [6.07, 6.45) is 1.01. The van der Waals surface area contributed by atoms with Crippen LogP contribution in [0.25, 0.3) is 0 Å². The second-order valence-electron chi connectivity index (χ2n) is 7.56. The number of ether oxygens (including phenoxy) is 2. The van der Waals surface area contributed by atoms with E-state index in [4.69, 9.17) is 9.47 Å². The third-order valence-electron chi connectivity index (χ3n) is 5.32. The summed E-state index contributed by atoms with van der Waals surface area (Å²) in [7, 11) is -0.254. The maximum absolute atomic E-state index is 12.8. The van der Waals surface area contributed by atoms with Crippen LogP contribution in [0.1, 0.15) is 23.1 Å². The second kappa shape index (κ2) is 11.6. The van der Waals surface area contributed by atoms with Gasteiger partial charge in [-0.1, -0.05) is 30.3 Å². The zero-order chi connectivity index (χ0) is 23.0. The van der Waals surface area contributed by atoms with Crippen molar-refractivity contribution in [1.29, 1.82) is 0 Å². The summed E-state index contributed by atoms with van der Waals surface area (Å²) in [6, 6.07) is 13.7. The molecule has 1 aliphatic rings. The van der Waals surface area contributed by atoms with Crippen LogP contribution in [-0.4, -0.2) is 57.4 Å². The van der Waals surface area contributed by atoms with E-state index >= 15 is 0 Å². The molecule has 0 aromatic heterocycles. The molecule has 2 aromatic rings. The molecule has 0 atom stereocenters. The Labute approximate surface area is 194 Å². The topological polar surface area (TPSA) is 84.9 Å². The van der Waals surface area contributed by atoms with Gasteiger partial charge in [0.25, 0.3) is 0 Å². The number of rotatable bonds is 11. The minimum atomic E-state index is -3.41. The van der Waals surface area contributed by atoms with Gasteiger partial charge in [-0.2, -0.15) is 4.31 Å². The van der Waals surface area contributed by atoms with E-state index in [1.54, 1.807) is 26.0 Å². The zero-order valence-electron chi connectivity index (χ0n) is 18.5. The monoisotopic (exact) mass is 478 g/mol. The molecule has 0 aliphatic carbocycles. The fraction of sp³-hybridized carbons (Fsp3) is 0.435. The number of methoxy groups -OCH3 is 2. The van der Waals surface area contributed by atoms with Crippen LogP contribution >= 0.6 is 11.8 Å². The lowest BCUT2D eigenvalue weighted by molar-refractivity contribution is -0.118. The van der Waals surface area contributed by atoms with E-state index in [-0.39, 0.29) is 11.7 Å². The highest BCUT2D eigenvalue weighted by atomic mass is 32.2. The number of carbonyl (C=O) groups excluding carboxylic acids is 1. The Morgan fingerprint density at radius 1 is 1.09 bits per heavy atom. The van der Waals surface area contributed by atoms with Crippen molar-refractivity contribution >= 4 is 27.7 Å². The standard InChI is InChI=1S/C23H30N2O5S2/c1-29-21-13-19-9-11-25(15-20(19)14-22(21)30-2)32(27,28)12-6-10-24-23(26)17-31-16-18-7-4-3-5-8-18/h3-5,7-8,13-14H,6,9-12,15-17H2,1-2H3,(H,24,26). The average Bonchev–Trinajstić information content (AvgIpc) is 2.81. The van der Waals surface area contributed by atoms with Crippen LogP contribution in [0.3, 0.4) is 0 Å². The van der Waals surface area contributed by atoms with E-state index in [1.807, 2.05) is 42.5 Å². The van der Waals surface area contributed by atoms with Crippen molar-refractivity contribution in [3.05, 3.63) is 59.2 Å². The highest BCUT2D eigenvalue weighted by Gasteiger charge is 2.27. The first kappa shape index (κ1) is 24.4. The van der Waals surface area contributed by atoms with Gasteiger partial charge in [-0.3, -0.25) is 4.79 Å². The summed E-state index contributed by atoms with van der Waals surface area (Å²) in [5.74, 6) is 2.31. The van der Waals surface area contributed by atoms with Crippen LogP contribution in [0.15, 0.2) is 42.5 Å². The number of benzene rings is 2. The number of amides is 1. The lowest BCUT2D eigenvalue weighted by atomic mass is 10.0. The molecular weight excluding hydrogens is 448 g/mol. The van der Waals surface area contributed by atoms with Gasteiger partial charge in [0, 0.05) is 25.4 Å². The van der Waals surface area contributed by atoms with Crippen molar-refractivity contribution in [2.24, 2.45) is 0 Å². The third kappa shape index (κ3) is 6.63. The largest absolute Gasteiger partial charge is 0.493 e. The first-order chi connectivity index (χ1) is 15.4. The molecule has 0 spiro atoms. The van der Waals surface area contributed by atoms with E-state index in [0.717, 1.165) is 16.9 Å². The number of nitrogens with zero attached hydrogens (tertiary/aromatic N) is 1. The van der Waals surface area contributed by atoms with Crippen LogP contribution in [0.5, 0.6) is 11.5 Å². The molecule has 7 nitrogen and oxygen atoms in total. The van der Waals surface area contributed by atoms with Crippen molar-refractivity contribution in [3.63, 3.8) is 0 Å². The smallest absolute Gasteiger partial charge is 0.230 e. The number of nitrogens with one attached hydrogen (secondary N) is 1. The summed E-state index contributed by atoms with van der Waals surface area (Å²) >= 11 is 1.54. The first-order valence-corrected chi connectivity index (χ1v) is 13.3. The summed E-state index contributed by atoms with van der Waals surface area (Å²) in [5.41, 5.74) is 3.19. The summed E-state index contributed by atoms with van der Waals surface area (Å²) in [6.45, 7) is 1.10. The lowest BCUT2D eigenvalue weighted by Crippen LogP contribution is -2.38. The maximum Gasteiger partial charge on any atom is 0.230 e. The molecule has 0 unspecified atom stereocenters. The Balaban J connectivity index is 1.42. The SMILES string of the molecule is COc1cc2c(cc1OC)CN(S(=O)(=O)CCCNC(=O)CSCc1ccccc1)CC2. The molecule has 0 bridgehead atoms. The number of carbonyl (C=O) groups is 1. The molecule has 0 saturated carbocycles. The quantitative estimate of drug-likeness (QED) is 0.500. The van der Waals surface area contributed by atoms with Gasteiger partial charge in [-0.15, -0.1) is 11.8 Å². The van der Waals surface area contributed by atoms with Crippen molar-refractivity contribution in [1.82, 2.24) is 9.62 Å². The molecule has 1 heterocycles. The molecule has 1 N–H and O–H groups in total. The van der Waals surface area contributed by atoms with Gasteiger partial charge in [-0.05, 0) is 41.7 Å². The molecule has 0 radical (unpaired) electrons.